The summed E-state index contributed by atoms with van der Waals surface area (Å²) in [6.07, 6.45) is 0.297. The zero-order valence-corrected chi connectivity index (χ0v) is 15.0. The summed E-state index contributed by atoms with van der Waals surface area (Å²) < 4.78 is 1.66. The number of hydrogen-bond acceptors (Lipinski definition) is 3. The second-order valence-electron chi connectivity index (χ2n) is 5.40. The number of rotatable bonds is 3. The first-order chi connectivity index (χ1) is 11.3. The normalized spacial score (nSPS) is 11.2. The Balaban J connectivity index is 2.14. The number of halogens is 3. The van der Waals surface area contributed by atoms with Crippen LogP contribution in [0.15, 0.2) is 18.2 Å². The Morgan fingerprint density at radius 1 is 1.25 bits per heavy atom. The molecule has 0 saturated carbocycles. The van der Waals surface area contributed by atoms with Gasteiger partial charge in [-0.1, -0.05) is 34.8 Å². The van der Waals surface area contributed by atoms with Crippen LogP contribution in [0.4, 0.5) is 0 Å². The van der Waals surface area contributed by atoms with Crippen molar-refractivity contribution in [1.82, 2.24) is 14.6 Å². The summed E-state index contributed by atoms with van der Waals surface area (Å²) in [7, 11) is 0. The van der Waals surface area contributed by atoms with E-state index in [1.54, 1.807) is 10.6 Å². The van der Waals surface area contributed by atoms with Crippen LogP contribution in [0.3, 0.4) is 0 Å². The fourth-order valence-corrected chi connectivity index (χ4v) is 3.37. The van der Waals surface area contributed by atoms with Gasteiger partial charge in [0.25, 0.3) is 0 Å². The molecule has 8 heteroatoms. The Hall–Kier alpha value is -1.82. The Bertz CT molecular complexity index is 983. The molecule has 0 spiro atoms. The molecule has 5 nitrogen and oxygen atoms in total. The van der Waals surface area contributed by atoms with Crippen LogP contribution in [0.5, 0.6) is 0 Å². The fourth-order valence-electron chi connectivity index (χ4n) is 2.54. The summed E-state index contributed by atoms with van der Waals surface area (Å²) in [5.74, 6) is -1.10. The maximum atomic E-state index is 11.3. The number of aryl methyl sites for hydroxylation is 2. The monoisotopic (exact) mass is 383 g/mol. The van der Waals surface area contributed by atoms with Gasteiger partial charge in [-0.3, -0.25) is 0 Å². The topological polar surface area (TPSA) is 67.5 Å². The largest absolute Gasteiger partial charge is 0.478 e. The van der Waals surface area contributed by atoms with Gasteiger partial charge in [0.15, 0.2) is 5.65 Å². The van der Waals surface area contributed by atoms with Gasteiger partial charge >= 0.3 is 5.97 Å². The summed E-state index contributed by atoms with van der Waals surface area (Å²) >= 11 is 18.4. The van der Waals surface area contributed by atoms with Crippen LogP contribution in [0.2, 0.25) is 15.2 Å². The summed E-state index contributed by atoms with van der Waals surface area (Å²) in [4.78, 5) is 15.8. The molecule has 0 aliphatic carbocycles. The standard InChI is InChI=1S/C16H12Cl3N3O2/c1-7-5-13(18)21-22-8(2)12(20-15(7)22)6-10-11(17)4-3-9(14(10)19)16(23)24/h3-5H,6H2,1-2H3,(H,23,24). The van der Waals surface area contributed by atoms with E-state index in [1.807, 2.05) is 13.8 Å². The number of hydrogen-bond donors (Lipinski definition) is 1. The molecule has 0 unspecified atom stereocenters. The minimum atomic E-state index is -1.10. The molecule has 0 amide bonds. The van der Waals surface area contributed by atoms with E-state index in [1.165, 1.54) is 12.1 Å². The van der Waals surface area contributed by atoms with E-state index >= 15 is 0 Å². The van der Waals surface area contributed by atoms with Gasteiger partial charge in [0.1, 0.15) is 5.15 Å². The van der Waals surface area contributed by atoms with Crippen LogP contribution in [-0.2, 0) is 6.42 Å². The van der Waals surface area contributed by atoms with Gasteiger partial charge in [-0.25, -0.2) is 14.3 Å². The summed E-state index contributed by atoms with van der Waals surface area (Å²) in [6.45, 7) is 3.76. The highest BCUT2D eigenvalue weighted by Gasteiger charge is 2.19. The van der Waals surface area contributed by atoms with Gasteiger partial charge in [0.05, 0.1) is 22.0 Å². The van der Waals surface area contributed by atoms with Gasteiger partial charge in [-0.05, 0) is 43.2 Å². The number of nitrogens with zero attached hydrogens (tertiary/aromatic N) is 3. The van der Waals surface area contributed by atoms with Crippen LogP contribution in [0, 0.1) is 13.8 Å². The lowest BCUT2D eigenvalue weighted by molar-refractivity contribution is 0.0697. The van der Waals surface area contributed by atoms with Crippen molar-refractivity contribution in [2.24, 2.45) is 0 Å². The van der Waals surface area contributed by atoms with Gasteiger partial charge in [0.2, 0.25) is 0 Å². The minimum Gasteiger partial charge on any atom is -0.478 e. The first-order valence-electron chi connectivity index (χ1n) is 7.01. The van der Waals surface area contributed by atoms with Crippen LogP contribution < -0.4 is 0 Å². The highest BCUT2D eigenvalue weighted by Crippen LogP contribution is 2.31. The number of imidazole rings is 1. The maximum absolute atomic E-state index is 11.3. The Morgan fingerprint density at radius 3 is 2.62 bits per heavy atom. The molecule has 1 N–H and O–H groups in total. The molecular weight excluding hydrogens is 373 g/mol. The van der Waals surface area contributed by atoms with Crippen molar-refractivity contribution in [3.05, 3.63) is 61.5 Å². The highest BCUT2D eigenvalue weighted by molar-refractivity contribution is 6.38. The van der Waals surface area contributed by atoms with Crippen molar-refractivity contribution in [3.63, 3.8) is 0 Å². The number of aromatic nitrogens is 3. The molecular formula is C16H12Cl3N3O2. The summed E-state index contributed by atoms with van der Waals surface area (Å²) in [6, 6.07) is 4.65. The number of fused-ring (bicyclic) bond motifs is 1. The molecule has 3 aromatic rings. The van der Waals surface area contributed by atoms with Gasteiger partial charge in [-0.15, -0.1) is 0 Å². The highest BCUT2D eigenvalue weighted by atomic mass is 35.5. The van der Waals surface area contributed by atoms with Crippen LogP contribution >= 0.6 is 34.8 Å². The average Bonchev–Trinajstić information content (AvgIpc) is 2.80. The Labute approximate surface area is 152 Å². The van der Waals surface area contributed by atoms with E-state index in [-0.39, 0.29) is 10.6 Å². The molecule has 0 aliphatic rings. The second kappa shape index (κ2) is 6.24. The van der Waals surface area contributed by atoms with E-state index in [0.29, 0.717) is 33.5 Å². The van der Waals surface area contributed by atoms with E-state index in [2.05, 4.69) is 10.1 Å². The van der Waals surface area contributed by atoms with Crippen molar-refractivity contribution in [1.29, 1.82) is 0 Å². The summed E-state index contributed by atoms with van der Waals surface area (Å²) in [5.41, 5.74) is 3.61. The third kappa shape index (κ3) is 2.83. The molecule has 0 fully saturated rings. The number of carbonyl (C=O) groups is 1. The lowest BCUT2D eigenvalue weighted by Crippen LogP contribution is -2.02. The SMILES string of the molecule is Cc1cc(Cl)nn2c(C)c(Cc3c(Cl)ccc(C(=O)O)c3Cl)nc12. The molecule has 1 aromatic carbocycles. The maximum Gasteiger partial charge on any atom is 0.337 e. The second-order valence-corrected chi connectivity index (χ2v) is 6.57. The van der Waals surface area contributed by atoms with Crippen molar-refractivity contribution < 1.29 is 9.90 Å². The zero-order valence-electron chi connectivity index (χ0n) is 12.8. The van der Waals surface area contributed by atoms with Gasteiger partial charge < -0.3 is 5.11 Å². The Kier molecular flexibility index (Phi) is 4.42. The minimum absolute atomic E-state index is 0.00911. The predicted octanol–water partition coefficient (Wildman–Crippen LogP) is 4.60. The number of benzene rings is 1. The summed E-state index contributed by atoms with van der Waals surface area (Å²) in [5, 5.41) is 14.3. The molecule has 0 bridgehead atoms. The number of aromatic carboxylic acids is 1. The molecule has 0 atom stereocenters. The van der Waals surface area contributed by atoms with E-state index in [9.17, 15) is 9.90 Å². The van der Waals surface area contributed by atoms with Crippen molar-refractivity contribution in [2.75, 3.05) is 0 Å². The molecule has 3 rings (SSSR count). The van der Waals surface area contributed by atoms with Crippen molar-refractivity contribution in [2.45, 2.75) is 20.3 Å². The third-order valence-electron chi connectivity index (χ3n) is 3.82. The van der Waals surface area contributed by atoms with Crippen molar-refractivity contribution >= 4 is 46.4 Å². The first kappa shape index (κ1) is 17.0. The number of carboxylic acids is 1. The predicted molar refractivity (Wildman–Crippen MR) is 93.7 cm³/mol. The molecule has 0 saturated heterocycles. The average molecular weight is 385 g/mol. The van der Waals surface area contributed by atoms with Crippen LogP contribution in [-0.4, -0.2) is 25.7 Å². The molecule has 124 valence electrons. The quantitative estimate of drug-likeness (QED) is 0.717. The van der Waals surface area contributed by atoms with Crippen LogP contribution in [0.25, 0.3) is 5.65 Å². The van der Waals surface area contributed by atoms with Gasteiger partial charge in [-0.2, -0.15) is 5.10 Å². The smallest absolute Gasteiger partial charge is 0.337 e. The fraction of sp³-hybridized carbons (Fsp3) is 0.188. The molecule has 0 radical (unpaired) electrons. The van der Waals surface area contributed by atoms with Gasteiger partial charge in [0, 0.05) is 11.4 Å². The van der Waals surface area contributed by atoms with E-state index < -0.39 is 5.97 Å². The van der Waals surface area contributed by atoms with Crippen molar-refractivity contribution in [3.8, 4) is 0 Å². The van der Waals surface area contributed by atoms with Crippen LogP contribution in [0.1, 0.15) is 32.9 Å². The lowest BCUT2D eigenvalue weighted by Gasteiger charge is -2.08. The molecule has 2 heterocycles. The molecule has 24 heavy (non-hydrogen) atoms. The molecule has 0 aliphatic heterocycles. The third-order valence-corrected chi connectivity index (χ3v) is 4.79. The van der Waals surface area contributed by atoms with E-state index in [4.69, 9.17) is 34.8 Å². The first-order valence-corrected chi connectivity index (χ1v) is 8.14. The Morgan fingerprint density at radius 2 is 1.96 bits per heavy atom. The number of carboxylic acid groups (broad SMARTS) is 1. The van der Waals surface area contributed by atoms with E-state index in [0.717, 1.165) is 11.3 Å². The molecule has 2 aromatic heterocycles. The zero-order chi connectivity index (χ0) is 17.6. The lowest BCUT2D eigenvalue weighted by atomic mass is 10.1.